The van der Waals surface area contributed by atoms with E-state index in [0.717, 1.165) is 18.4 Å². The summed E-state index contributed by atoms with van der Waals surface area (Å²) in [6, 6.07) is 0. The minimum absolute atomic E-state index is 0.813. The van der Waals surface area contributed by atoms with Crippen LogP contribution in [0.3, 0.4) is 0 Å². The van der Waals surface area contributed by atoms with E-state index in [0.29, 0.717) is 0 Å². The zero-order valence-electron chi connectivity index (χ0n) is 8.89. The molecule has 1 unspecified atom stereocenters. The minimum atomic E-state index is 0.813. The lowest BCUT2D eigenvalue weighted by molar-refractivity contribution is 0.466. The number of nitrogens with one attached hydrogen (secondary N) is 1. The molecule has 1 aliphatic carbocycles. The van der Waals surface area contributed by atoms with Gasteiger partial charge in [-0.25, -0.2) is 0 Å². The van der Waals surface area contributed by atoms with Crippen molar-refractivity contribution in [3.05, 3.63) is 0 Å². The van der Waals surface area contributed by atoms with Gasteiger partial charge in [0.15, 0.2) is 0 Å². The van der Waals surface area contributed by atoms with E-state index in [9.17, 15) is 0 Å². The van der Waals surface area contributed by atoms with Gasteiger partial charge in [0, 0.05) is 0 Å². The Morgan fingerprint density at radius 2 is 2.15 bits per heavy atom. The van der Waals surface area contributed by atoms with E-state index < -0.39 is 0 Å². The third kappa shape index (κ3) is 6.05. The van der Waals surface area contributed by atoms with Crippen LogP contribution in [0.5, 0.6) is 0 Å². The number of rotatable bonds is 8. The van der Waals surface area contributed by atoms with E-state index in [-0.39, 0.29) is 0 Å². The zero-order chi connectivity index (χ0) is 9.52. The molecule has 1 aliphatic rings. The molecule has 0 spiro atoms. The van der Waals surface area contributed by atoms with Crippen LogP contribution in [0.25, 0.3) is 0 Å². The smallest absolute Gasteiger partial charge is 0.00205 e. The average Bonchev–Trinajstić information content (AvgIpc) is 2.88. The van der Waals surface area contributed by atoms with Gasteiger partial charge in [-0.3, -0.25) is 0 Å². The summed E-state index contributed by atoms with van der Waals surface area (Å²) in [5, 5.41) is 3.51. The van der Waals surface area contributed by atoms with Crippen LogP contribution in [0.1, 0.15) is 39.0 Å². The Bertz CT molecular complexity index is 121. The Hall–Kier alpha value is -0.0800. The van der Waals surface area contributed by atoms with E-state index in [4.69, 9.17) is 5.73 Å². The molecule has 3 N–H and O–H groups in total. The second-order valence-corrected chi connectivity index (χ2v) is 4.47. The number of hydrogen-bond acceptors (Lipinski definition) is 2. The molecule has 1 fully saturated rings. The molecular weight excluding hydrogens is 160 g/mol. The van der Waals surface area contributed by atoms with Crippen LogP contribution < -0.4 is 11.1 Å². The fourth-order valence-electron chi connectivity index (χ4n) is 1.63. The van der Waals surface area contributed by atoms with Gasteiger partial charge in [0.25, 0.3) is 0 Å². The van der Waals surface area contributed by atoms with E-state index in [1.807, 2.05) is 0 Å². The van der Waals surface area contributed by atoms with Crippen LogP contribution in [0, 0.1) is 11.8 Å². The first-order valence-corrected chi connectivity index (χ1v) is 5.73. The van der Waals surface area contributed by atoms with E-state index in [1.54, 1.807) is 0 Å². The van der Waals surface area contributed by atoms with Gasteiger partial charge in [0.05, 0.1) is 0 Å². The van der Waals surface area contributed by atoms with Gasteiger partial charge in [-0.1, -0.05) is 6.92 Å². The molecule has 0 amide bonds. The van der Waals surface area contributed by atoms with Crippen molar-refractivity contribution in [2.24, 2.45) is 17.6 Å². The number of nitrogens with two attached hydrogens (primary N) is 1. The Kier molecular flexibility index (Phi) is 5.40. The van der Waals surface area contributed by atoms with E-state index >= 15 is 0 Å². The molecule has 2 nitrogen and oxygen atoms in total. The fourth-order valence-corrected chi connectivity index (χ4v) is 1.63. The monoisotopic (exact) mass is 184 g/mol. The topological polar surface area (TPSA) is 38.0 Å². The summed E-state index contributed by atoms with van der Waals surface area (Å²) in [6.07, 6.45) is 6.73. The maximum Gasteiger partial charge on any atom is -0.00205 e. The number of hydrogen-bond donors (Lipinski definition) is 2. The van der Waals surface area contributed by atoms with Crippen molar-refractivity contribution < 1.29 is 0 Å². The van der Waals surface area contributed by atoms with Gasteiger partial charge in [0.2, 0.25) is 0 Å². The summed E-state index contributed by atoms with van der Waals surface area (Å²) in [5.74, 6) is 1.83. The van der Waals surface area contributed by atoms with Crippen molar-refractivity contribution in [3.8, 4) is 0 Å². The van der Waals surface area contributed by atoms with Crippen molar-refractivity contribution in [1.29, 1.82) is 0 Å². The standard InChI is InChI=1S/C11H24N2/c1-10(6-7-12)3-2-8-13-9-11-4-5-11/h10-11,13H,2-9,12H2,1H3. The molecule has 0 saturated heterocycles. The highest BCUT2D eigenvalue weighted by Crippen LogP contribution is 2.27. The zero-order valence-corrected chi connectivity index (χ0v) is 8.89. The highest BCUT2D eigenvalue weighted by Gasteiger charge is 2.19. The first-order valence-electron chi connectivity index (χ1n) is 5.73. The van der Waals surface area contributed by atoms with E-state index in [2.05, 4.69) is 12.2 Å². The largest absolute Gasteiger partial charge is 0.330 e. The molecule has 0 bridgehead atoms. The van der Waals surface area contributed by atoms with Crippen LogP contribution in [0.4, 0.5) is 0 Å². The van der Waals surface area contributed by atoms with Gasteiger partial charge in [-0.15, -0.1) is 0 Å². The van der Waals surface area contributed by atoms with Crippen molar-refractivity contribution in [3.63, 3.8) is 0 Å². The lowest BCUT2D eigenvalue weighted by Gasteiger charge is -2.09. The summed E-state index contributed by atoms with van der Waals surface area (Å²) in [7, 11) is 0. The lowest BCUT2D eigenvalue weighted by Crippen LogP contribution is -2.18. The Labute approximate surface area is 82.3 Å². The molecule has 1 rings (SSSR count). The normalized spacial score (nSPS) is 18.9. The molecule has 0 aromatic rings. The van der Waals surface area contributed by atoms with Gasteiger partial charge < -0.3 is 11.1 Å². The SMILES string of the molecule is CC(CCN)CCCNCC1CC1. The van der Waals surface area contributed by atoms with Crippen molar-refractivity contribution >= 4 is 0 Å². The summed E-state index contributed by atoms with van der Waals surface area (Å²) >= 11 is 0. The van der Waals surface area contributed by atoms with E-state index in [1.165, 1.54) is 45.2 Å². The second kappa shape index (κ2) is 6.39. The molecule has 1 atom stereocenters. The van der Waals surface area contributed by atoms with Gasteiger partial charge in [-0.05, 0) is 63.6 Å². The maximum absolute atomic E-state index is 5.49. The highest BCUT2D eigenvalue weighted by molar-refractivity contribution is 4.75. The van der Waals surface area contributed by atoms with Crippen molar-refractivity contribution in [1.82, 2.24) is 5.32 Å². The first-order chi connectivity index (χ1) is 6.33. The van der Waals surface area contributed by atoms with Crippen molar-refractivity contribution in [2.75, 3.05) is 19.6 Å². The fraction of sp³-hybridized carbons (Fsp3) is 1.00. The molecule has 1 saturated carbocycles. The van der Waals surface area contributed by atoms with Crippen LogP contribution in [0.15, 0.2) is 0 Å². The predicted molar refractivity (Wildman–Crippen MR) is 57.7 cm³/mol. The summed E-state index contributed by atoms with van der Waals surface area (Å²) in [4.78, 5) is 0. The summed E-state index contributed by atoms with van der Waals surface area (Å²) in [5.41, 5.74) is 5.49. The molecular formula is C11H24N2. The van der Waals surface area contributed by atoms with Gasteiger partial charge in [0.1, 0.15) is 0 Å². The first kappa shape index (κ1) is 11.0. The molecule has 78 valence electrons. The predicted octanol–water partition coefficient (Wildman–Crippen LogP) is 1.75. The van der Waals surface area contributed by atoms with Crippen LogP contribution in [-0.4, -0.2) is 19.6 Å². The molecule has 0 aromatic heterocycles. The average molecular weight is 184 g/mol. The maximum atomic E-state index is 5.49. The van der Waals surface area contributed by atoms with Crippen LogP contribution in [-0.2, 0) is 0 Å². The second-order valence-electron chi connectivity index (χ2n) is 4.47. The Morgan fingerprint density at radius 1 is 1.38 bits per heavy atom. The van der Waals surface area contributed by atoms with Gasteiger partial charge in [-0.2, -0.15) is 0 Å². The molecule has 0 heterocycles. The van der Waals surface area contributed by atoms with Crippen LogP contribution in [0.2, 0.25) is 0 Å². The summed E-state index contributed by atoms with van der Waals surface area (Å²) in [6.45, 7) is 5.60. The molecule has 0 aromatic carbocycles. The molecule has 0 radical (unpaired) electrons. The third-order valence-electron chi connectivity index (χ3n) is 2.84. The highest BCUT2D eigenvalue weighted by atomic mass is 14.9. The Balaban J connectivity index is 1.76. The lowest BCUT2D eigenvalue weighted by atomic mass is 10.0. The molecule has 13 heavy (non-hydrogen) atoms. The molecule has 0 aliphatic heterocycles. The van der Waals surface area contributed by atoms with Crippen LogP contribution >= 0.6 is 0 Å². The van der Waals surface area contributed by atoms with Gasteiger partial charge >= 0.3 is 0 Å². The summed E-state index contributed by atoms with van der Waals surface area (Å²) < 4.78 is 0. The minimum Gasteiger partial charge on any atom is -0.330 e. The van der Waals surface area contributed by atoms with Crippen molar-refractivity contribution in [2.45, 2.75) is 39.0 Å². The third-order valence-corrected chi connectivity index (χ3v) is 2.84. The Morgan fingerprint density at radius 3 is 2.77 bits per heavy atom. The molecule has 2 heteroatoms. The quantitative estimate of drug-likeness (QED) is 0.564.